The molecule has 1 unspecified atom stereocenters. The van der Waals surface area contributed by atoms with E-state index < -0.39 is 17.7 Å². The number of carbonyl (C=O) groups is 2. The molecule has 4 aromatic carbocycles. The number of hydrogen-bond acceptors (Lipinski definition) is 6. The molecule has 1 amide bonds. The maximum Gasteiger partial charge on any atom is 0.301 e. The molecular formula is C32H24N2O4S. The average molecular weight is 533 g/mol. The van der Waals surface area contributed by atoms with E-state index in [-0.39, 0.29) is 11.3 Å². The second-order valence-electron chi connectivity index (χ2n) is 9.49. The van der Waals surface area contributed by atoms with Crippen LogP contribution < -0.4 is 9.64 Å². The number of nitrogens with zero attached hydrogens (tertiary/aromatic N) is 2. The fourth-order valence-corrected chi connectivity index (χ4v) is 5.80. The number of aryl methyl sites for hydroxylation is 2. The molecule has 5 aromatic rings. The van der Waals surface area contributed by atoms with E-state index in [0.717, 1.165) is 21.3 Å². The van der Waals surface area contributed by atoms with Crippen LogP contribution in [0.3, 0.4) is 0 Å². The lowest BCUT2D eigenvalue weighted by Gasteiger charge is -2.23. The van der Waals surface area contributed by atoms with Crippen molar-refractivity contribution in [1.82, 2.24) is 4.98 Å². The Morgan fingerprint density at radius 3 is 2.33 bits per heavy atom. The first kappa shape index (κ1) is 24.6. The minimum absolute atomic E-state index is 0.0103. The number of carbonyl (C=O) groups excluding carboxylic acids is 2. The van der Waals surface area contributed by atoms with Crippen LogP contribution in [0.5, 0.6) is 11.5 Å². The van der Waals surface area contributed by atoms with Crippen LogP contribution in [0.1, 0.15) is 28.3 Å². The highest BCUT2D eigenvalue weighted by Crippen LogP contribution is 2.45. The highest BCUT2D eigenvalue weighted by Gasteiger charge is 2.48. The van der Waals surface area contributed by atoms with E-state index in [2.05, 4.69) is 0 Å². The molecule has 39 heavy (non-hydrogen) atoms. The molecule has 1 aliphatic rings. The van der Waals surface area contributed by atoms with Gasteiger partial charge >= 0.3 is 5.91 Å². The standard InChI is InChI=1S/C32H24N2O4S/c1-19-11-14-21(15-12-19)29(35)27-28(22-7-6-10-24(18-22)38-23-8-4-3-5-9-23)34(31(37)30(27)36)32-33-25-16-13-20(2)17-26(25)39-32/h3-18,28,35H,1-2H3. The number of ketones is 1. The molecule has 0 bridgehead atoms. The zero-order valence-electron chi connectivity index (χ0n) is 21.3. The summed E-state index contributed by atoms with van der Waals surface area (Å²) in [4.78, 5) is 33.2. The van der Waals surface area contributed by atoms with E-state index in [4.69, 9.17) is 9.72 Å². The van der Waals surface area contributed by atoms with Crippen LogP contribution in [0.4, 0.5) is 5.13 Å². The number of aliphatic hydroxyl groups excluding tert-OH is 1. The Hall–Kier alpha value is -4.75. The molecule has 0 spiro atoms. The Bertz CT molecular complexity index is 1760. The van der Waals surface area contributed by atoms with Crippen molar-refractivity contribution in [3.63, 3.8) is 0 Å². The largest absolute Gasteiger partial charge is 0.507 e. The van der Waals surface area contributed by atoms with E-state index in [1.54, 1.807) is 24.3 Å². The number of para-hydroxylation sites is 1. The molecule has 0 saturated carbocycles. The van der Waals surface area contributed by atoms with E-state index in [1.165, 1.54) is 16.2 Å². The van der Waals surface area contributed by atoms with Crippen LogP contribution in [-0.4, -0.2) is 21.8 Å². The number of hydrogen-bond donors (Lipinski definition) is 1. The predicted molar refractivity (Wildman–Crippen MR) is 153 cm³/mol. The summed E-state index contributed by atoms with van der Waals surface area (Å²) in [6, 6.07) is 28.7. The van der Waals surface area contributed by atoms with Crippen molar-refractivity contribution in [2.24, 2.45) is 0 Å². The van der Waals surface area contributed by atoms with Gasteiger partial charge in [0.2, 0.25) is 0 Å². The van der Waals surface area contributed by atoms with E-state index >= 15 is 0 Å². The van der Waals surface area contributed by atoms with Crippen molar-refractivity contribution in [2.45, 2.75) is 19.9 Å². The molecule has 0 radical (unpaired) electrons. The van der Waals surface area contributed by atoms with Gasteiger partial charge in [0.15, 0.2) is 5.13 Å². The van der Waals surface area contributed by atoms with Gasteiger partial charge in [-0.3, -0.25) is 14.5 Å². The highest BCUT2D eigenvalue weighted by atomic mass is 32.1. The fraction of sp³-hybridized carbons (Fsp3) is 0.0938. The molecule has 1 N–H and O–H groups in total. The second kappa shape index (κ2) is 9.85. The van der Waals surface area contributed by atoms with Gasteiger partial charge in [-0.15, -0.1) is 0 Å². The lowest BCUT2D eigenvalue weighted by atomic mass is 9.95. The Labute approximate surface area is 229 Å². The lowest BCUT2D eigenvalue weighted by Crippen LogP contribution is -2.29. The van der Waals surface area contributed by atoms with Crippen LogP contribution >= 0.6 is 11.3 Å². The summed E-state index contributed by atoms with van der Waals surface area (Å²) < 4.78 is 6.96. The van der Waals surface area contributed by atoms with Gasteiger partial charge in [0.1, 0.15) is 17.3 Å². The smallest absolute Gasteiger partial charge is 0.301 e. The van der Waals surface area contributed by atoms with E-state index in [0.29, 0.717) is 27.8 Å². The number of ether oxygens (including phenoxy) is 1. The number of aromatic nitrogens is 1. The average Bonchev–Trinajstić information content (AvgIpc) is 3.47. The van der Waals surface area contributed by atoms with Crippen molar-refractivity contribution >= 4 is 44.1 Å². The summed E-state index contributed by atoms with van der Waals surface area (Å²) in [6.45, 7) is 3.93. The van der Waals surface area contributed by atoms with Crippen molar-refractivity contribution in [2.75, 3.05) is 4.90 Å². The Kier molecular flexibility index (Phi) is 6.21. The normalized spacial score (nSPS) is 16.7. The third kappa shape index (κ3) is 4.57. The molecule has 6 rings (SSSR count). The molecular weight excluding hydrogens is 508 g/mol. The van der Waals surface area contributed by atoms with Crippen molar-refractivity contribution in [3.8, 4) is 11.5 Å². The first-order chi connectivity index (χ1) is 18.9. The van der Waals surface area contributed by atoms with Gasteiger partial charge in [0.05, 0.1) is 21.8 Å². The van der Waals surface area contributed by atoms with Gasteiger partial charge in [-0.05, 0) is 61.4 Å². The van der Waals surface area contributed by atoms with Gasteiger partial charge in [0.25, 0.3) is 5.78 Å². The molecule has 192 valence electrons. The zero-order chi connectivity index (χ0) is 27.1. The first-order valence-corrected chi connectivity index (χ1v) is 13.3. The predicted octanol–water partition coefficient (Wildman–Crippen LogP) is 7.33. The molecule has 1 atom stereocenters. The topological polar surface area (TPSA) is 79.7 Å². The van der Waals surface area contributed by atoms with Crippen LogP contribution in [0.15, 0.2) is 103 Å². The Balaban J connectivity index is 1.52. The minimum Gasteiger partial charge on any atom is -0.507 e. The molecule has 2 heterocycles. The summed E-state index contributed by atoms with van der Waals surface area (Å²) in [5, 5.41) is 11.8. The van der Waals surface area contributed by atoms with Crippen molar-refractivity contribution < 1.29 is 19.4 Å². The third-order valence-electron chi connectivity index (χ3n) is 6.66. The molecule has 6 nitrogen and oxygen atoms in total. The van der Waals surface area contributed by atoms with Crippen LogP contribution in [0, 0.1) is 13.8 Å². The lowest BCUT2D eigenvalue weighted by molar-refractivity contribution is -0.132. The maximum atomic E-state index is 13.6. The zero-order valence-corrected chi connectivity index (χ0v) is 22.1. The summed E-state index contributed by atoms with van der Waals surface area (Å²) in [6.07, 6.45) is 0. The summed E-state index contributed by atoms with van der Waals surface area (Å²) >= 11 is 1.34. The molecule has 0 aliphatic carbocycles. The first-order valence-electron chi connectivity index (χ1n) is 12.5. The van der Waals surface area contributed by atoms with Gasteiger partial charge in [-0.1, -0.05) is 77.6 Å². The number of Topliss-reactive ketones (excluding diaryl/α,β-unsaturated/α-hetero) is 1. The number of amides is 1. The fourth-order valence-electron chi connectivity index (χ4n) is 4.71. The molecule has 1 saturated heterocycles. The number of anilines is 1. The van der Waals surface area contributed by atoms with Crippen molar-refractivity contribution in [1.29, 1.82) is 0 Å². The quantitative estimate of drug-likeness (QED) is 0.146. The molecule has 1 aromatic heterocycles. The highest BCUT2D eigenvalue weighted by molar-refractivity contribution is 7.22. The third-order valence-corrected chi connectivity index (χ3v) is 7.68. The monoisotopic (exact) mass is 532 g/mol. The van der Waals surface area contributed by atoms with Crippen LogP contribution in [0.25, 0.3) is 16.0 Å². The Morgan fingerprint density at radius 1 is 0.846 bits per heavy atom. The maximum absolute atomic E-state index is 13.6. The molecule has 7 heteroatoms. The van der Waals surface area contributed by atoms with Gasteiger partial charge in [-0.2, -0.15) is 0 Å². The van der Waals surface area contributed by atoms with Gasteiger partial charge in [0, 0.05) is 5.56 Å². The number of rotatable bonds is 5. The van der Waals surface area contributed by atoms with Gasteiger partial charge < -0.3 is 9.84 Å². The Morgan fingerprint density at radius 2 is 1.56 bits per heavy atom. The SMILES string of the molecule is Cc1ccc(C(O)=C2C(=O)C(=O)N(c3nc4ccc(C)cc4s3)C2c2cccc(Oc3ccccc3)c2)cc1. The second-order valence-corrected chi connectivity index (χ2v) is 10.5. The molecule has 1 aliphatic heterocycles. The van der Waals surface area contributed by atoms with Crippen molar-refractivity contribution in [3.05, 3.63) is 125 Å². The molecule has 1 fully saturated rings. The van der Waals surface area contributed by atoms with Crippen LogP contribution in [-0.2, 0) is 9.59 Å². The van der Waals surface area contributed by atoms with E-state index in [1.807, 2.05) is 86.6 Å². The minimum atomic E-state index is -0.896. The summed E-state index contributed by atoms with van der Waals surface area (Å²) in [5.74, 6) is -0.529. The van der Waals surface area contributed by atoms with Gasteiger partial charge in [-0.25, -0.2) is 4.98 Å². The number of fused-ring (bicyclic) bond motifs is 1. The summed E-state index contributed by atoms with van der Waals surface area (Å²) in [7, 11) is 0. The number of benzene rings is 4. The number of thiazole rings is 1. The summed E-state index contributed by atoms with van der Waals surface area (Å²) in [5.41, 5.74) is 3.91. The van der Waals surface area contributed by atoms with Crippen LogP contribution in [0.2, 0.25) is 0 Å². The van der Waals surface area contributed by atoms with E-state index in [9.17, 15) is 14.7 Å². The number of aliphatic hydroxyl groups is 1.